The van der Waals surface area contributed by atoms with E-state index in [4.69, 9.17) is 13.9 Å². The highest BCUT2D eigenvalue weighted by Gasteiger charge is 2.03. The van der Waals surface area contributed by atoms with E-state index in [0.717, 1.165) is 29.6 Å². The summed E-state index contributed by atoms with van der Waals surface area (Å²) in [6.45, 7) is 6.45. The summed E-state index contributed by atoms with van der Waals surface area (Å²) >= 11 is 0. The SMILES string of the molecule is CCNC(=NCc1ccnc(Oc2ccc(OCC)cc2)c1)NCc1ccco1.I. The van der Waals surface area contributed by atoms with Gasteiger partial charge in [-0.15, -0.1) is 24.0 Å². The largest absolute Gasteiger partial charge is 0.494 e. The third kappa shape index (κ3) is 7.58. The Hall–Kier alpha value is -2.75. The van der Waals surface area contributed by atoms with Crippen LogP contribution in [-0.4, -0.2) is 24.1 Å². The average Bonchev–Trinajstić information content (AvgIpc) is 3.26. The molecule has 2 N–H and O–H groups in total. The minimum absolute atomic E-state index is 0. The molecule has 3 rings (SSSR count). The summed E-state index contributed by atoms with van der Waals surface area (Å²) in [7, 11) is 0. The van der Waals surface area contributed by atoms with Crippen LogP contribution >= 0.6 is 24.0 Å². The summed E-state index contributed by atoms with van der Waals surface area (Å²) in [6.07, 6.45) is 3.38. The van der Waals surface area contributed by atoms with Crippen LogP contribution in [0.15, 0.2) is 70.4 Å². The van der Waals surface area contributed by atoms with Crippen molar-refractivity contribution in [2.45, 2.75) is 26.9 Å². The topological polar surface area (TPSA) is 80.9 Å². The second-order valence-electron chi connectivity index (χ2n) is 6.14. The van der Waals surface area contributed by atoms with Crippen molar-refractivity contribution in [3.8, 4) is 17.4 Å². The average molecular weight is 522 g/mol. The summed E-state index contributed by atoms with van der Waals surface area (Å²) in [5, 5.41) is 6.47. The zero-order chi connectivity index (χ0) is 20.3. The third-order valence-corrected chi connectivity index (χ3v) is 3.93. The van der Waals surface area contributed by atoms with E-state index in [1.54, 1.807) is 12.5 Å². The molecule has 0 aliphatic carbocycles. The molecule has 0 aliphatic heterocycles. The number of pyridine rings is 1. The van der Waals surface area contributed by atoms with Crippen LogP contribution in [-0.2, 0) is 13.1 Å². The number of nitrogens with one attached hydrogen (secondary N) is 2. The van der Waals surface area contributed by atoms with Crippen LogP contribution in [0, 0.1) is 0 Å². The van der Waals surface area contributed by atoms with E-state index < -0.39 is 0 Å². The molecule has 0 saturated carbocycles. The van der Waals surface area contributed by atoms with Crippen molar-refractivity contribution >= 4 is 29.9 Å². The van der Waals surface area contributed by atoms with Crippen LogP contribution in [0.2, 0.25) is 0 Å². The summed E-state index contributed by atoms with van der Waals surface area (Å²) in [5.74, 6) is 3.61. The molecule has 3 aromatic rings. The van der Waals surface area contributed by atoms with Crippen molar-refractivity contribution in [3.63, 3.8) is 0 Å². The first-order chi connectivity index (χ1) is 14.3. The predicted octanol–water partition coefficient (Wildman–Crippen LogP) is 4.74. The Kier molecular flexibility index (Phi) is 9.99. The van der Waals surface area contributed by atoms with Crippen molar-refractivity contribution in [2.75, 3.05) is 13.2 Å². The lowest BCUT2D eigenvalue weighted by Crippen LogP contribution is -2.36. The molecule has 0 spiro atoms. The van der Waals surface area contributed by atoms with Crippen LogP contribution in [0.4, 0.5) is 0 Å². The summed E-state index contributed by atoms with van der Waals surface area (Å²) in [4.78, 5) is 8.90. The Bertz CT molecular complexity index is 899. The molecule has 0 bridgehead atoms. The van der Waals surface area contributed by atoms with Gasteiger partial charge in [0.05, 0.1) is 26.0 Å². The first-order valence-corrected chi connectivity index (χ1v) is 9.67. The van der Waals surface area contributed by atoms with Gasteiger partial charge < -0.3 is 24.5 Å². The Morgan fingerprint density at radius 1 is 1.07 bits per heavy atom. The fraction of sp³-hybridized carbons (Fsp3) is 0.273. The molecule has 1 aromatic carbocycles. The van der Waals surface area contributed by atoms with Crippen molar-refractivity contribution in [1.82, 2.24) is 15.6 Å². The van der Waals surface area contributed by atoms with Gasteiger partial charge in [0.2, 0.25) is 5.88 Å². The Labute approximate surface area is 193 Å². The van der Waals surface area contributed by atoms with E-state index in [2.05, 4.69) is 20.6 Å². The highest BCUT2D eigenvalue weighted by Crippen LogP contribution is 2.23. The molecular formula is C22H27IN4O3. The summed E-state index contributed by atoms with van der Waals surface area (Å²) in [6, 6.07) is 15.1. The van der Waals surface area contributed by atoms with Gasteiger partial charge in [0.25, 0.3) is 0 Å². The van der Waals surface area contributed by atoms with E-state index in [0.29, 0.717) is 31.3 Å². The number of guanidine groups is 1. The van der Waals surface area contributed by atoms with E-state index in [1.165, 1.54) is 0 Å². The lowest BCUT2D eigenvalue weighted by Gasteiger charge is -2.10. The number of aliphatic imine (C=N–C) groups is 1. The zero-order valence-electron chi connectivity index (χ0n) is 17.1. The molecule has 2 heterocycles. The predicted molar refractivity (Wildman–Crippen MR) is 128 cm³/mol. The summed E-state index contributed by atoms with van der Waals surface area (Å²) in [5.41, 5.74) is 0.996. The molecule has 8 heteroatoms. The third-order valence-electron chi connectivity index (χ3n) is 3.93. The molecule has 0 aliphatic rings. The molecule has 0 atom stereocenters. The van der Waals surface area contributed by atoms with E-state index in [1.807, 2.05) is 62.4 Å². The summed E-state index contributed by atoms with van der Waals surface area (Å²) < 4.78 is 16.6. The molecule has 0 radical (unpaired) electrons. The van der Waals surface area contributed by atoms with Gasteiger partial charge >= 0.3 is 0 Å². The molecule has 7 nitrogen and oxygen atoms in total. The zero-order valence-corrected chi connectivity index (χ0v) is 19.5. The van der Waals surface area contributed by atoms with Crippen LogP contribution in [0.5, 0.6) is 17.4 Å². The Balaban J connectivity index is 0.00000320. The molecular weight excluding hydrogens is 495 g/mol. The maximum Gasteiger partial charge on any atom is 0.219 e. The van der Waals surface area contributed by atoms with Gasteiger partial charge in [-0.05, 0) is 61.9 Å². The van der Waals surface area contributed by atoms with Gasteiger partial charge in [-0.2, -0.15) is 0 Å². The van der Waals surface area contributed by atoms with Crippen LogP contribution in [0.3, 0.4) is 0 Å². The maximum absolute atomic E-state index is 5.84. The number of benzene rings is 1. The second-order valence-corrected chi connectivity index (χ2v) is 6.14. The van der Waals surface area contributed by atoms with Gasteiger partial charge in [-0.3, -0.25) is 0 Å². The number of nitrogens with zero attached hydrogens (tertiary/aromatic N) is 2. The number of aromatic nitrogens is 1. The first kappa shape index (κ1) is 23.5. The van der Waals surface area contributed by atoms with Crippen molar-refractivity contribution in [1.29, 1.82) is 0 Å². The van der Waals surface area contributed by atoms with Crippen molar-refractivity contribution in [2.24, 2.45) is 4.99 Å². The quantitative estimate of drug-likeness (QED) is 0.240. The lowest BCUT2D eigenvalue weighted by molar-refractivity contribution is 0.339. The standard InChI is InChI=1S/C22H26N4O3.HI/c1-3-23-22(26-16-20-6-5-13-28-20)25-15-17-11-12-24-21(14-17)29-19-9-7-18(8-10-19)27-4-2;/h5-14H,3-4,15-16H2,1-2H3,(H2,23,25,26);1H. The van der Waals surface area contributed by atoms with Gasteiger partial charge in [0, 0.05) is 18.8 Å². The van der Waals surface area contributed by atoms with E-state index >= 15 is 0 Å². The fourth-order valence-electron chi connectivity index (χ4n) is 2.59. The van der Waals surface area contributed by atoms with Crippen LogP contribution < -0.4 is 20.1 Å². The highest BCUT2D eigenvalue weighted by molar-refractivity contribution is 14.0. The van der Waals surface area contributed by atoms with Crippen molar-refractivity contribution < 1.29 is 13.9 Å². The minimum atomic E-state index is 0. The molecule has 0 fully saturated rings. The van der Waals surface area contributed by atoms with Gasteiger partial charge in [-0.25, -0.2) is 9.98 Å². The fourth-order valence-corrected chi connectivity index (χ4v) is 2.59. The highest BCUT2D eigenvalue weighted by atomic mass is 127. The van der Waals surface area contributed by atoms with Crippen LogP contribution in [0.25, 0.3) is 0 Å². The number of furan rings is 1. The first-order valence-electron chi connectivity index (χ1n) is 9.67. The molecule has 30 heavy (non-hydrogen) atoms. The van der Waals surface area contributed by atoms with Gasteiger partial charge in [0.15, 0.2) is 5.96 Å². The molecule has 0 unspecified atom stereocenters. The molecule has 0 saturated heterocycles. The Morgan fingerprint density at radius 3 is 2.57 bits per heavy atom. The smallest absolute Gasteiger partial charge is 0.219 e. The van der Waals surface area contributed by atoms with E-state index in [9.17, 15) is 0 Å². The number of halogens is 1. The number of rotatable bonds is 9. The molecule has 0 amide bonds. The minimum Gasteiger partial charge on any atom is -0.494 e. The Morgan fingerprint density at radius 2 is 1.87 bits per heavy atom. The van der Waals surface area contributed by atoms with Crippen molar-refractivity contribution in [3.05, 3.63) is 72.3 Å². The lowest BCUT2D eigenvalue weighted by atomic mass is 10.2. The maximum atomic E-state index is 5.84. The number of hydrogen-bond donors (Lipinski definition) is 2. The number of ether oxygens (including phenoxy) is 2. The molecule has 160 valence electrons. The number of hydrogen-bond acceptors (Lipinski definition) is 5. The van der Waals surface area contributed by atoms with Gasteiger partial charge in [0.1, 0.15) is 17.3 Å². The van der Waals surface area contributed by atoms with E-state index in [-0.39, 0.29) is 24.0 Å². The van der Waals surface area contributed by atoms with Gasteiger partial charge in [-0.1, -0.05) is 0 Å². The monoisotopic (exact) mass is 522 g/mol. The normalized spacial score (nSPS) is 10.8. The molecule has 2 aromatic heterocycles. The second kappa shape index (κ2) is 12.7. The van der Waals surface area contributed by atoms with Crippen LogP contribution in [0.1, 0.15) is 25.2 Å².